The van der Waals surface area contributed by atoms with Crippen molar-refractivity contribution in [2.24, 2.45) is 0 Å². The van der Waals surface area contributed by atoms with Crippen molar-refractivity contribution in [1.82, 2.24) is 5.32 Å². The van der Waals surface area contributed by atoms with E-state index in [1.165, 1.54) is 5.56 Å². The van der Waals surface area contributed by atoms with Crippen molar-refractivity contribution in [1.29, 1.82) is 0 Å². The Labute approximate surface area is 118 Å². The number of nitrogens with one attached hydrogen (secondary N) is 1. The monoisotopic (exact) mass is 264 g/mol. The molecule has 0 heterocycles. The summed E-state index contributed by atoms with van der Waals surface area (Å²) in [6.45, 7) is 9.79. The van der Waals surface area contributed by atoms with Crippen LogP contribution >= 0.6 is 0 Å². The van der Waals surface area contributed by atoms with E-state index in [1.807, 2.05) is 7.05 Å². The third-order valence-electron chi connectivity index (χ3n) is 3.75. The van der Waals surface area contributed by atoms with Gasteiger partial charge in [-0.2, -0.15) is 0 Å². The molecule has 3 heteroatoms. The Morgan fingerprint density at radius 3 is 2.42 bits per heavy atom. The van der Waals surface area contributed by atoms with Gasteiger partial charge in [0.2, 0.25) is 0 Å². The number of likely N-dealkylation sites (N-methyl/N-ethyl adjacent to an activating group) is 2. The Bertz CT molecular complexity index is 413. The molecule has 0 radical (unpaired) electrons. The maximum atomic E-state index is 5.51. The van der Waals surface area contributed by atoms with Crippen LogP contribution in [0.2, 0.25) is 0 Å². The van der Waals surface area contributed by atoms with Crippen LogP contribution in [0.15, 0.2) is 18.2 Å². The Kier molecular flexibility index (Phi) is 5.24. The number of nitrogens with zero attached hydrogens (tertiary/aromatic N) is 1. The van der Waals surface area contributed by atoms with Gasteiger partial charge < -0.3 is 15.0 Å². The average Bonchev–Trinajstić information content (AvgIpc) is 2.36. The lowest BCUT2D eigenvalue weighted by Gasteiger charge is -2.38. The fourth-order valence-electron chi connectivity index (χ4n) is 2.21. The zero-order valence-corrected chi connectivity index (χ0v) is 13.4. The highest BCUT2D eigenvalue weighted by Crippen LogP contribution is 2.34. The highest BCUT2D eigenvalue weighted by molar-refractivity contribution is 5.61. The zero-order valence-electron chi connectivity index (χ0n) is 13.4. The number of rotatable bonds is 6. The van der Waals surface area contributed by atoms with E-state index in [-0.39, 0.29) is 5.54 Å². The Morgan fingerprint density at radius 2 is 1.95 bits per heavy atom. The van der Waals surface area contributed by atoms with E-state index in [0.717, 1.165) is 18.0 Å². The molecule has 1 N–H and O–H groups in total. The molecule has 0 amide bonds. The molecule has 0 aromatic heterocycles. The van der Waals surface area contributed by atoms with Crippen molar-refractivity contribution < 1.29 is 4.74 Å². The van der Waals surface area contributed by atoms with Crippen LogP contribution in [0.5, 0.6) is 5.75 Å². The lowest BCUT2D eigenvalue weighted by Crippen LogP contribution is -2.48. The summed E-state index contributed by atoms with van der Waals surface area (Å²) in [4.78, 5) is 2.29. The first kappa shape index (κ1) is 15.8. The van der Waals surface area contributed by atoms with Crippen LogP contribution in [-0.2, 0) is 0 Å². The van der Waals surface area contributed by atoms with E-state index in [4.69, 9.17) is 4.74 Å². The normalized spacial score (nSPS) is 11.8. The first-order valence-electron chi connectivity index (χ1n) is 6.90. The van der Waals surface area contributed by atoms with E-state index in [9.17, 15) is 0 Å². The van der Waals surface area contributed by atoms with Gasteiger partial charge in [-0.25, -0.2) is 0 Å². The van der Waals surface area contributed by atoms with E-state index in [2.05, 4.69) is 63.2 Å². The van der Waals surface area contributed by atoms with Crippen molar-refractivity contribution in [2.45, 2.75) is 39.2 Å². The number of anilines is 1. The van der Waals surface area contributed by atoms with E-state index in [0.29, 0.717) is 5.92 Å². The van der Waals surface area contributed by atoms with Crippen molar-refractivity contribution in [3.63, 3.8) is 0 Å². The van der Waals surface area contributed by atoms with Gasteiger partial charge in [-0.1, -0.05) is 19.9 Å². The fourth-order valence-corrected chi connectivity index (χ4v) is 2.21. The molecule has 1 aromatic rings. The van der Waals surface area contributed by atoms with Crippen LogP contribution < -0.4 is 15.0 Å². The van der Waals surface area contributed by atoms with Crippen molar-refractivity contribution in [3.05, 3.63) is 23.8 Å². The first-order valence-corrected chi connectivity index (χ1v) is 6.90. The predicted octanol–water partition coefficient (Wildman–Crippen LogP) is 3.25. The molecule has 108 valence electrons. The minimum Gasteiger partial charge on any atom is -0.495 e. The maximum Gasteiger partial charge on any atom is 0.142 e. The largest absolute Gasteiger partial charge is 0.495 e. The highest BCUT2D eigenvalue weighted by atomic mass is 16.5. The van der Waals surface area contributed by atoms with Gasteiger partial charge in [-0.15, -0.1) is 0 Å². The van der Waals surface area contributed by atoms with Crippen LogP contribution in [0.25, 0.3) is 0 Å². The molecule has 0 saturated heterocycles. The summed E-state index contributed by atoms with van der Waals surface area (Å²) in [6.07, 6.45) is 0. The Balaban J connectivity index is 3.19. The van der Waals surface area contributed by atoms with E-state index >= 15 is 0 Å². The minimum atomic E-state index is 0.0254. The zero-order chi connectivity index (χ0) is 14.6. The van der Waals surface area contributed by atoms with Gasteiger partial charge in [0.15, 0.2) is 0 Å². The van der Waals surface area contributed by atoms with Gasteiger partial charge >= 0.3 is 0 Å². The quantitative estimate of drug-likeness (QED) is 0.853. The summed E-state index contributed by atoms with van der Waals surface area (Å²) in [5.74, 6) is 1.45. The minimum absolute atomic E-state index is 0.0254. The standard InChI is InChI=1S/C16H28N2O/c1-12(2)13-8-9-15(19-7)14(10-13)18(6)16(3,4)11-17-5/h8-10,12,17H,11H2,1-7H3. The maximum absolute atomic E-state index is 5.51. The summed E-state index contributed by atoms with van der Waals surface area (Å²) in [6, 6.07) is 6.45. The van der Waals surface area contributed by atoms with Gasteiger partial charge in [0.25, 0.3) is 0 Å². The first-order chi connectivity index (χ1) is 8.83. The van der Waals surface area contributed by atoms with Crippen LogP contribution in [-0.4, -0.2) is 33.3 Å². The molecule has 1 aromatic carbocycles. The number of hydrogen-bond donors (Lipinski definition) is 1. The van der Waals surface area contributed by atoms with Crippen molar-refractivity contribution in [3.8, 4) is 5.75 Å². The lowest BCUT2D eigenvalue weighted by molar-refractivity contribution is 0.405. The van der Waals surface area contributed by atoms with Crippen LogP contribution in [0.1, 0.15) is 39.2 Å². The fraction of sp³-hybridized carbons (Fsp3) is 0.625. The SMILES string of the molecule is CNCC(C)(C)N(C)c1cc(C(C)C)ccc1OC. The van der Waals surface area contributed by atoms with Crippen molar-refractivity contribution >= 4 is 5.69 Å². The van der Waals surface area contributed by atoms with Gasteiger partial charge in [-0.3, -0.25) is 0 Å². The summed E-state index contributed by atoms with van der Waals surface area (Å²) in [5.41, 5.74) is 2.51. The van der Waals surface area contributed by atoms with Gasteiger partial charge in [0.1, 0.15) is 5.75 Å². The molecule has 0 aliphatic heterocycles. The molecule has 0 fully saturated rings. The summed E-state index contributed by atoms with van der Waals surface area (Å²) in [7, 11) is 5.84. The summed E-state index contributed by atoms with van der Waals surface area (Å²) >= 11 is 0. The molecule has 19 heavy (non-hydrogen) atoms. The predicted molar refractivity (Wildman–Crippen MR) is 83.5 cm³/mol. The molecule has 0 bridgehead atoms. The highest BCUT2D eigenvalue weighted by Gasteiger charge is 2.25. The summed E-state index contributed by atoms with van der Waals surface area (Å²) < 4.78 is 5.51. The number of methoxy groups -OCH3 is 1. The Morgan fingerprint density at radius 1 is 1.32 bits per heavy atom. The van der Waals surface area contributed by atoms with E-state index in [1.54, 1.807) is 7.11 Å². The third-order valence-corrected chi connectivity index (χ3v) is 3.75. The molecule has 0 unspecified atom stereocenters. The number of ether oxygens (including phenoxy) is 1. The molecular formula is C16H28N2O. The molecule has 0 spiro atoms. The molecule has 0 aliphatic carbocycles. The number of benzene rings is 1. The Hall–Kier alpha value is -1.22. The lowest BCUT2D eigenvalue weighted by atomic mass is 9.98. The van der Waals surface area contributed by atoms with Crippen LogP contribution in [0.3, 0.4) is 0 Å². The topological polar surface area (TPSA) is 24.5 Å². The summed E-state index contributed by atoms with van der Waals surface area (Å²) in [5, 5.41) is 3.25. The van der Waals surface area contributed by atoms with Gasteiger partial charge in [-0.05, 0) is 44.5 Å². The van der Waals surface area contributed by atoms with Gasteiger partial charge in [0, 0.05) is 19.1 Å². The third kappa shape index (κ3) is 3.63. The van der Waals surface area contributed by atoms with Crippen molar-refractivity contribution in [2.75, 3.05) is 32.6 Å². The molecule has 0 saturated carbocycles. The molecule has 0 aliphatic rings. The molecule has 3 nitrogen and oxygen atoms in total. The molecular weight excluding hydrogens is 236 g/mol. The second-order valence-electron chi connectivity index (χ2n) is 5.99. The average molecular weight is 264 g/mol. The van der Waals surface area contributed by atoms with E-state index < -0.39 is 0 Å². The molecule has 1 rings (SSSR count). The molecule has 0 atom stereocenters. The smallest absolute Gasteiger partial charge is 0.142 e. The second kappa shape index (κ2) is 6.29. The second-order valence-corrected chi connectivity index (χ2v) is 5.99. The number of hydrogen-bond acceptors (Lipinski definition) is 3. The van der Waals surface area contributed by atoms with Gasteiger partial charge in [0.05, 0.1) is 12.8 Å². The van der Waals surface area contributed by atoms with Crippen LogP contribution in [0.4, 0.5) is 5.69 Å². The van der Waals surface area contributed by atoms with Crippen LogP contribution in [0, 0.1) is 0 Å².